The molecule has 8 nitrogen and oxygen atoms in total. The minimum Gasteiger partial charge on any atom is -0.497 e. The van der Waals surface area contributed by atoms with Gasteiger partial charge in [-0.3, -0.25) is 9.59 Å². The van der Waals surface area contributed by atoms with Crippen LogP contribution >= 0.6 is 0 Å². The molecule has 0 fully saturated rings. The van der Waals surface area contributed by atoms with Crippen LogP contribution in [-0.2, 0) is 16.1 Å². The zero-order valence-electron chi connectivity index (χ0n) is 14.4. The molecule has 0 saturated carbocycles. The van der Waals surface area contributed by atoms with E-state index in [4.69, 9.17) is 14.2 Å². The Morgan fingerprint density at radius 1 is 1.16 bits per heavy atom. The van der Waals surface area contributed by atoms with Crippen LogP contribution in [0.15, 0.2) is 35.1 Å². The van der Waals surface area contributed by atoms with Gasteiger partial charge in [0.1, 0.15) is 18.0 Å². The summed E-state index contributed by atoms with van der Waals surface area (Å²) in [6.07, 6.45) is 0. The van der Waals surface area contributed by atoms with Crippen molar-refractivity contribution in [3.8, 4) is 22.8 Å². The van der Waals surface area contributed by atoms with Gasteiger partial charge in [-0.25, -0.2) is 4.68 Å². The third-order valence-electron chi connectivity index (χ3n) is 3.47. The molecule has 0 unspecified atom stereocenters. The molecule has 134 valence electrons. The largest absolute Gasteiger partial charge is 0.497 e. The van der Waals surface area contributed by atoms with Gasteiger partial charge in [-0.2, -0.15) is 5.10 Å². The molecular formula is C17H21N3O5. The van der Waals surface area contributed by atoms with Crippen LogP contribution in [0.5, 0.6) is 11.5 Å². The quantitative estimate of drug-likeness (QED) is 0.707. The number of nitrogens with one attached hydrogen (secondary N) is 1. The maximum atomic E-state index is 12.1. The lowest BCUT2D eigenvalue weighted by Crippen LogP contribution is -2.35. The van der Waals surface area contributed by atoms with E-state index < -0.39 is 5.56 Å². The number of ether oxygens (including phenoxy) is 3. The number of hydrogen-bond acceptors (Lipinski definition) is 6. The number of hydrogen-bond donors (Lipinski definition) is 1. The summed E-state index contributed by atoms with van der Waals surface area (Å²) in [5.41, 5.74) is 0.789. The van der Waals surface area contributed by atoms with E-state index in [9.17, 15) is 9.59 Å². The number of carbonyl (C=O) groups excluding carboxylic acids is 1. The minimum absolute atomic E-state index is 0.185. The van der Waals surface area contributed by atoms with Gasteiger partial charge in [-0.15, -0.1) is 0 Å². The maximum absolute atomic E-state index is 12.1. The van der Waals surface area contributed by atoms with E-state index in [0.717, 1.165) is 10.2 Å². The molecular weight excluding hydrogens is 326 g/mol. The van der Waals surface area contributed by atoms with Crippen molar-refractivity contribution in [3.05, 3.63) is 40.7 Å². The summed E-state index contributed by atoms with van der Waals surface area (Å²) in [6.45, 7) is 0.578. The number of amides is 1. The van der Waals surface area contributed by atoms with Crippen molar-refractivity contribution in [2.45, 2.75) is 6.54 Å². The first-order chi connectivity index (χ1) is 12.1. The molecule has 25 heavy (non-hydrogen) atoms. The van der Waals surface area contributed by atoms with Gasteiger partial charge in [-0.05, 0) is 24.3 Å². The minimum atomic E-state index is -0.420. The summed E-state index contributed by atoms with van der Waals surface area (Å²) in [6, 6.07) is 8.48. The van der Waals surface area contributed by atoms with E-state index in [0.29, 0.717) is 30.3 Å². The van der Waals surface area contributed by atoms with E-state index in [-0.39, 0.29) is 12.5 Å². The molecule has 0 aliphatic heterocycles. The topological polar surface area (TPSA) is 91.7 Å². The van der Waals surface area contributed by atoms with Crippen LogP contribution in [0.25, 0.3) is 11.3 Å². The SMILES string of the molecule is COCCNC(=O)Cn1nc(-c2ccc(OC)cc2)c(OC)cc1=O. The van der Waals surface area contributed by atoms with E-state index >= 15 is 0 Å². The highest BCUT2D eigenvalue weighted by Crippen LogP contribution is 2.27. The van der Waals surface area contributed by atoms with Crippen LogP contribution in [-0.4, -0.2) is 50.2 Å². The second kappa shape index (κ2) is 8.84. The first kappa shape index (κ1) is 18.5. The lowest BCUT2D eigenvalue weighted by atomic mass is 10.1. The normalized spacial score (nSPS) is 10.4. The van der Waals surface area contributed by atoms with Gasteiger partial charge in [-0.1, -0.05) is 0 Å². The summed E-state index contributed by atoms with van der Waals surface area (Å²) in [7, 11) is 4.59. The van der Waals surface area contributed by atoms with E-state index in [2.05, 4.69) is 10.4 Å². The molecule has 1 aromatic heterocycles. The zero-order valence-corrected chi connectivity index (χ0v) is 14.4. The van der Waals surface area contributed by atoms with Crippen molar-refractivity contribution in [1.82, 2.24) is 15.1 Å². The van der Waals surface area contributed by atoms with E-state index in [1.165, 1.54) is 13.2 Å². The Labute approximate surface area is 145 Å². The van der Waals surface area contributed by atoms with Crippen molar-refractivity contribution < 1.29 is 19.0 Å². The summed E-state index contributed by atoms with van der Waals surface area (Å²) >= 11 is 0. The Morgan fingerprint density at radius 3 is 2.48 bits per heavy atom. The van der Waals surface area contributed by atoms with E-state index in [1.54, 1.807) is 38.5 Å². The average Bonchev–Trinajstić information content (AvgIpc) is 2.63. The number of carbonyl (C=O) groups is 1. The maximum Gasteiger partial charge on any atom is 0.270 e. The average molecular weight is 347 g/mol. The molecule has 1 aromatic carbocycles. The molecule has 1 amide bonds. The predicted molar refractivity (Wildman–Crippen MR) is 91.9 cm³/mol. The first-order valence-electron chi connectivity index (χ1n) is 7.65. The smallest absolute Gasteiger partial charge is 0.270 e. The Bertz CT molecular complexity index is 771. The third-order valence-corrected chi connectivity index (χ3v) is 3.47. The highest BCUT2D eigenvalue weighted by atomic mass is 16.5. The zero-order chi connectivity index (χ0) is 18.2. The number of rotatable bonds is 8. The van der Waals surface area contributed by atoms with Crippen LogP contribution in [0.1, 0.15) is 0 Å². The van der Waals surface area contributed by atoms with Crippen molar-refractivity contribution in [1.29, 1.82) is 0 Å². The lowest BCUT2D eigenvalue weighted by molar-refractivity contribution is -0.122. The molecule has 0 aliphatic rings. The van der Waals surface area contributed by atoms with Crippen molar-refractivity contribution in [2.24, 2.45) is 0 Å². The molecule has 0 radical (unpaired) electrons. The van der Waals surface area contributed by atoms with Gasteiger partial charge >= 0.3 is 0 Å². The molecule has 0 aliphatic carbocycles. The molecule has 2 rings (SSSR count). The summed E-state index contributed by atoms with van der Waals surface area (Å²) < 4.78 is 16.4. The number of benzene rings is 1. The van der Waals surface area contributed by atoms with Crippen LogP contribution < -0.4 is 20.3 Å². The van der Waals surface area contributed by atoms with Gasteiger partial charge in [0, 0.05) is 25.3 Å². The lowest BCUT2D eigenvalue weighted by Gasteiger charge is -2.12. The van der Waals surface area contributed by atoms with Gasteiger partial charge in [0.2, 0.25) is 5.91 Å². The van der Waals surface area contributed by atoms with Crippen LogP contribution in [0.4, 0.5) is 0 Å². The van der Waals surface area contributed by atoms with Gasteiger partial charge in [0.25, 0.3) is 5.56 Å². The molecule has 0 bridgehead atoms. The summed E-state index contributed by atoms with van der Waals surface area (Å²) in [4.78, 5) is 24.1. The van der Waals surface area contributed by atoms with Crippen molar-refractivity contribution >= 4 is 5.91 Å². The van der Waals surface area contributed by atoms with Crippen LogP contribution in [0, 0.1) is 0 Å². The molecule has 2 aromatic rings. The third kappa shape index (κ3) is 4.80. The summed E-state index contributed by atoms with van der Waals surface area (Å²) in [5, 5.41) is 6.93. The fourth-order valence-electron chi connectivity index (χ4n) is 2.18. The highest BCUT2D eigenvalue weighted by Gasteiger charge is 2.14. The molecule has 0 spiro atoms. The van der Waals surface area contributed by atoms with Gasteiger partial charge < -0.3 is 19.5 Å². The Hall–Kier alpha value is -2.87. The number of methoxy groups -OCH3 is 3. The molecule has 0 atom stereocenters. The monoisotopic (exact) mass is 347 g/mol. The molecule has 8 heteroatoms. The Kier molecular flexibility index (Phi) is 6.53. The Balaban J connectivity index is 2.29. The Morgan fingerprint density at radius 2 is 1.88 bits per heavy atom. The standard InChI is InChI=1S/C17H21N3O5/c1-23-9-8-18-15(21)11-20-16(22)10-14(25-3)17(19-20)12-4-6-13(24-2)7-5-12/h4-7,10H,8-9,11H2,1-3H3,(H,18,21). The second-order valence-corrected chi connectivity index (χ2v) is 5.13. The van der Waals surface area contributed by atoms with Gasteiger partial charge in [0.05, 0.1) is 20.8 Å². The van der Waals surface area contributed by atoms with Gasteiger partial charge in [0.15, 0.2) is 5.75 Å². The molecule has 1 heterocycles. The molecule has 1 N–H and O–H groups in total. The summed E-state index contributed by atoms with van der Waals surface area (Å²) in [5.74, 6) is 0.720. The number of nitrogens with zero attached hydrogens (tertiary/aromatic N) is 2. The molecule has 0 saturated heterocycles. The fourth-order valence-corrected chi connectivity index (χ4v) is 2.18. The predicted octanol–water partition coefficient (Wildman–Crippen LogP) is 0.690. The van der Waals surface area contributed by atoms with Crippen molar-refractivity contribution in [3.63, 3.8) is 0 Å². The first-order valence-corrected chi connectivity index (χ1v) is 7.65. The fraction of sp³-hybridized carbons (Fsp3) is 0.353. The van der Waals surface area contributed by atoms with Crippen LogP contribution in [0.3, 0.4) is 0 Å². The number of aromatic nitrogens is 2. The van der Waals surface area contributed by atoms with Crippen molar-refractivity contribution in [2.75, 3.05) is 34.5 Å². The van der Waals surface area contributed by atoms with Crippen LogP contribution in [0.2, 0.25) is 0 Å². The second-order valence-electron chi connectivity index (χ2n) is 5.13. The van der Waals surface area contributed by atoms with E-state index in [1.807, 2.05) is 0 Å². The highest BCUT2D eigenvalue weighted by molar-refractivity contribution is 5.75.